The number of benzene rings is 1. The zero-order valence-corrected chi connectivity index (χ0v) is 10.1. The first-order valence-corrected chi connectivity index (χ1v) is 6.30. The van der Waals surface area contributed by atoms with Crippen LogP contribution in [0.5, 0.6) is 0 Å². The number of nitrogens with zero attached hydrogens (tertiary/aromatic N) is 1. The highest BCUT2D eigenvalue weighted by Crippen LogP contribution is 2.34. The molecule has 5 heteroatoms. The largest absolute Gasteiger partial charge is 0.379 e. The second-order valence-electron chi connectivity index (χ2n) is 4.09. The van der Waals surface area contributed by atoms with Gasteiger partial charge in [-0.05, 0) is 24.6 Å². The lowest BCUT2D eigenvalue weighted by Crippen LogP contribution is -2.36. The Morgan fingerprint density at radius 1 is 1.50 bits per heavy atom. The molecule has 1 aromatic carbocycles. The summed E-state index contributed by atoms with van der Waals surface area (Å²) in [5, 5.41) is 1.65. The summed E-state index contributed by atoms with van der Waals surface area (Å²) >= 11 is 7.56. The van der Waals surface area contributed by atoms with Gasteiger partial charge in [0.05, 0.1) is 22.4 Å². The highest BCUT2D eigenvalue weighted by molar-refractivity contribution is 7.18. The van der Waals surface area contributed by atoms with E-state index in [1.165, 1.54) is 0 Å². The molecule has 1 aromatic heterocycles. The van der Waals surface area contributed by atoms with Gasteiger partial charge in [0.1, 0.15) is 5.01 Å². The van der Waals surface area contributed by atoms with E-state index in [4.69, 9.17) is 22.1 Å². The smallest absolute Gasteiger partial charge is 0.116 e. The van der Waals surface area contributed by atoms with Crippen molar-refractivity contribution in [1.29, 1.82) is 0 Å². The number of rotatable bonds is 1. The van der Waals surface area contributed by atoms with Gasteiger partial charge in [-0.25, -0.2) is 4.98 Å². The molecule has 0 saturated carbocycles. The Morgan fingerprint density at radius 2 is 2.38 bits per heavy atom. The molecule has 1 aliphatic heterocycles. The van der Waals surface area contributed by atoms with Crippen LogP contribution in [0.1, 0.15) is 11.4 Å². The van der Waals surface area contributed by atoms with Crippen LogP contribution in [0.3, 0.4) is 0 Å². The Bertz CT molecular complexity index is 534. The molecule has 1 fully saturated rings. The SMILES string of the molecule is NC1(c2nc3cc(Cl)ccc3s2)CCOC1. The molecular weight excluding hydrogens is 244 g/mol. The minimum atomic E-state index is -0.407. The molecule has 0 amide bonds. The summed E-state index contributed by atoms with van der Waals surface area (Å²) in [6.07, 6.45) is 0.834. The second-order valence-corrected chi connectivity index (χ2v) is 5.56. The molecule has 2 aromatic rings. The minimum Gasteiger partial charge on any atom is -0.379 e. The van der Waals surface area contributed by atoms with Crippen LogP contribution in [-0.4, -0.2) is 18.2 Å². The van der Waals surface area contributed by atoms with Crippen LogP contribution in [0.2, 0.25) is 5.02 Å². The van der Waals surface area contributed by atoms with Gasteiger partial charge in [0.15, 0.2) is 0 Å². The number of halogens is 1. The maximum atomic E-state index is 6.27. The van der Waals surface area contributed by atoms with Crippen LogP contribution in [0.4, 0.5) is 0 Å². The van der Waals surface area contributed by atoms with Crippen LogP contribution < -0.4 is 5.73 Å². The van der Waals surface area contributed by atoms with Gasteiger partial charge in [-0.15, -0.1) is 11.3 Å². The normalized spacial score (nSPS) is 25.4. The van der Waals surface area contributed by atoms with E-state index in [2.05, 4.69) is 4.98 Å². The molecule has 3 rings (SSSR count). The average molecular weight is 255 g/mol. The second kappa shape index (κ2) is 3.67. The third-order valence-electron chi connectivity index (χ3n) is 2.83. The molecule has 0 aliphatic carbocycles. The Balaban J connectivity index is 2.11. The van der Waals surface area contributed by atoms with Gasteiger partial charge < -0.3 is 10.5 Å². The topological polar surface area (TPSA) is 48.1 Å². The molecule has 2 heterocycles. The molecule has 2 N–H and O–H groups in total. The molecule has 0 spiro atoms. The zero-order valence-electron chi connectivity index (χ0n) is 8.57. The number of hydrogen-bond donors (Lipinski definition) is 1. The average Bonchev–Trinajstić information content (AvgIpc) is 2.84. The van der Waals surface area contributed by atoms with E-state index in [1.807, 2.05) is 18.2 Å². The molecule has 1 saturated heterocycles. The predicted octanol–water partition coefficient (Wildman–Crippen LogP) is 2.52. The summed E-state index contributed by atoms with van der Waals surface area (Å²) < 4.78 is 6.47. The molecular formula is C11H11ClN2OS. The zero-order chi connectivity index (χ0) is 11.2. The maximum absolute atomic E-state index is 6.27. The summed E-state index contributed by atoms with van der Waals surface area (Å²) in [7, 11) is 0. The first kappa shape index (κ1) is 10.5. The van der Waals surface area contributed by atoms with Crippen molar-refractivity contribution in [2.75, 3.05) is 13.2 Å². The summed E-state index contributed by atoms with van der Waals surface area (Å²) in [6, 6.07) is 5.73. The fourth-order valence-electron chi connectivity index (χ4n) is 1.86. The number of thiazole rings is 1. The molecule has 0 radical (unpaired) electrons. The van der Waals surface area contributed by atoms with Crippen molar-refractivity contribution in [3.05, 3.63) is 28.2 Å². The van der Waals surface area contributed by atoms with Crippen molar-refractivity contribution in [3.63, 3.8) is 0 Å². The third kappa shape index (κ3) is 1.62. The van der Waals surface area contributed by atoms with Crippen LogP contribution in [-0.2, 0) is 10.3 Å². The van der Waals surface area contributed by atoms with Crippen molar-refractivity contribution < 1.29 is 4.74 Å². The summed E-state index contributed by atoms with van der Waals surface area (Å²) in [4.78, 5) is 4.56. The minimum absolute atomic E-state index is 0.407. The molecule has 16 heavy (non-hydrogen) atoms. The molecule has 0 bridgehead atoms. The Kier molecular flexibility index (Phi) is 2.40. The van der Waals surface area contributed by atoms with Crippen molar-refractivity contribution in [2.24, 2.45) is 5.73 Å². The van der Waals surface area contributed by atoms with Crippen molar-refractivity contribution in [2.45, 2.75) is 12.0 Å². The molecule has 1 unspecified atom stereocenters. The monoisotopic (exact) mass is 254 g/mol. The van der Waals surface area contributed by atoms with E-state index in [0.717, 1.165) is 21.6 Å². The number of aromatic nitrogens is 1. The van der Waals surface area contributed by atoms with E-state index >= 15 is 0 Å². The van der Waals surface area contributed by atoms with Gasteiger partial charge in [0, 0.05) is 11.6 Å². The van der Waals surface area contributed by atoms with Crippen molar-refractivity contribution in [1.82, 2.24) is 4.98 Å². The van der Waals surface area contributed by atoms with Gasteiger partial charge in [-0.3, -0.25) is 0 Å². The van der Waals surface area contributed by atoms with Crippen LogP contribution >= 0.6 is 22.9 Å². The molecule has 1 aliphatic rings. The van der Waals surface area contributed by atoms with Gasteiger partial charge in [-0.2, -0.15) is 0 Å². The van der Waals surface area contributed by atoms with E-state index < -0.39 is 5.54 Å². The predicted molar refractivity (Wildman–Crippen MR) is 65.9 cm³/mol. The van der Waals surface area contributed by atoms with E-state index in [-0.39, 0.29) is 0 Å². The number of fused-ring (bicyclic) bond motifs is 1. The Hall–Kier alpha value is -0.680. The first-order valence-electron chi connectivity index (χ1n) is 5.11. The van der Waals surface area contributed by atoms with Crippen LogP contribution in [0.15, 0.2) is 18.2 Å². The van der Waals surface area contributed by atoms with E-state index in [9.17, 15) is 0 Å². The van der Waals surface area contributed by atoms with Crippen molar-refractivity contribution >= 4 is 33.2 Å². The summed E-state index contributed by atoms with van der Waals surface area (Å²) in [5.74, 6) is 0. The Morgan fingerprint density at radius 3 is 3.12 bits per heavy atom. The summed E-state index contributed by atoms with van der Waals surface area (Å²) in [6.45, 7) is 1.27. The van der Waals surface area contributed by atoms with Gasteiger partial charge in [0.2, 0.25) is 0 Å². The fourth-order valence-corrected chi connectivity index (χ4v) is 3.09. The molecule has 1 atom stereocenters. The highest BCUT2D eigenvalue weighted by Gasteiger charge is 2.35. The summed E-state index contributed by atoms with van der Waals surface area (Å²) in [5.41, 5.74) is 6.79. The first-order chi connectivity index (χ1) is 7.67. The number of ether oxygens (including phenoxy) is 1. The Labute approximate surface area is 102 Å². The quantitative estimate of drug-likeness (QED) is 0.851. The lowest BCUT2D eigenvalue weighted by atomic mass is 10.0. The number of hydrogen-bond acceptors (Lipinski definition) is 4. The van der Waals surface area contributed by atoms with E-state index in [0.29, 0.717) is 18.2 Å². The highest BCUT2D eigenvalue weighted by atomic mass is 35.5. The standard InChI is InChI=1S/C11H11ClN2OS/c12-7-1-2-9-8(5-7)14-10(16-9)11(13)3-4-15-6-11/h1-2,5H,3-4,6,13H2. The maximum Gasteiger partial charge on any atom is 0.116 e. The molecule has 3 nitrogen and oxygen atoms in total. The van der Waals surface area contributed by atoms with Gasteiger partial charge >= 0.3 is 0 Å². The van der Waals surface area contributed by atoms with Crippen LogP contribution in [0, 0.1) is 0 Å². The van der Waals surface area contributed by atoms with Gasteiger partial charge in [-0.1, -0.05) is 11.6 Å². The van der Waals surface area contributed by atoms with Crippen molar-refractivity contribution in [3.8, 4) is 0 Å². The lowest BCUT2D eigenvalue weighted by Gasteiger charge is -2.17. The van der Waals surface area contributed by atoms with Crippen LogP contribution in [0.25, 0.3) is 10.2 Å². The van der Waals surface area contributed by atoms with Gasteiger partial charge in [0.25, 0.3) is 0 Å². The van der Waals surface area contributed by atoms with E-state index in [1.54, 1.807) is 11.3 Å². The third-order valence-corrected chi connectivity index (χ3v) is 4.32. The number of nitrogens with two attached hydrogens (primary N) is 1. The fraction of sp³-hybridized carbons (Fsp3) is 0.364. The lowest BCUT2D eigenvalue weighted by molar-refractivity contribution is 0.178. The molecule has 84 valence electrons.